The molecule has 0 unspecified atom stereocenters. The van der Waals surface area contributed by atoms with E-state index in [1.807, 2.05) is 6.07 Å². The molecule has 0 atom stereocenters. The van der Waals surface area contributed by atoms with E-state index in [0.717, 1.165) is 35.6 Å². The number of benzene rings is 2. The molecule has 2 radical (unpaired) electrons. The normalized spacial score (nSPS) is 10.8. The molecule has 0 aliphatic rings. The Hall–Kier alpha value is -2.69. The molecule has 0 aliphatic carbocycles. The molecule has 3 aromatic rings. The van der Waals surface area contributed by atoms with Gasteiger partial charge in [0.25, 0.3) is 0 Å². The standard InChI is InChI=1S/C21H19BFNO2/c1-2-3-8-26-21-16(13-25)11-19(22)18-10-15(12-24-20(18)21)9-14-4-6-17(23)7-5-14/h4-7,10-13H,2-3,8-9H2,1H3. The summed E-state index contributed by atoms with van der Waals surface area (Å²) in [5, 5.41) is 0.752. The smallest absolute Gasteiger partial charge is 0.155 e. The lowest BCUT2D eigenvalue weighted by Crippen LogP contribution is -2.11. The molecule has 3 nitrogen and oxygen atoms in total. The zero-order chi connectivity index (χ0) is 18.5. The maximum atomic E-state index is 13.1. The molecule has 1 aromatic heterocycles. The number of rotatable bonds is 7. The first-order chi connectivity index (χ1) is 12.6. The number of hydrogen-bond donors (Lipinski definition) is 0. The van der Waals surface area contributed by atoms with E-state index in [0.29, 0.717) is 35.3 Å². The van der Waals surface area contributed by atoms with Gasteiger partial charge in [-0.2, -0.15) is 0 Å². The van der Waals surface area contributed by atoms with Crippen molar-refractivity contribution in [2.45, 2.75) is 26.2 Å². The van der Waals surface area contributed by atoms with E-state index in [4.69, 9.17) is 12.6 Å². The van der Waals surface area contributed by atoms with Crippen molar-refractivity contribution in [1.29, 1.82) is 0 Å². The molecule has 0 bridgehead atoms. The molecule has 0 saturated heterocycles. The lowest BCUT2D eigenvalue weighted by molar-refractivity contribution is 0.112. The number of fused-ring (bicyclic) bond motifs is 1. The van der Waals surface area contributed by atoms with Gasteiger partial charge in [-0.25, -0.2) is 4.39 Å². The third-order valence-electron chi connectivity index (χ3n) is 4.24. The summed E-state index contributed by atoms with van der Waals surface area (Å²) in [4.78, 5) is 15.9. The maximum Gasteiger partial charge on any atom is 0.155 e. The Labute approximate surface area is 153 Å². The Balaban J connectivity index is 1.99. The van der Waals surface area contributed by atoms with Gasteiger partial charge >= 0.3 is 0 Å². The summed E-state index contributed by atoms with van der Waals surface area (Å²) in [5.41, 5.74) is 3.42. The van der Waals surface area contributed by atoms with Gasteiger partial charge in [-0.3, -0.25) is 9.78 Å². The van der Waals surface area contributed by atoms with E-state index in [9.17, 15) is 9.18 Å². The lowest BCUT2D eigenvalue weighted by atomic mass is 9.88. The van der Waals surface area contributed by atoms with Gasteiger partial charge in [0.2, 0.25) is 0 Å². The summed E-state index contributed by atoms with van der Waals surface area (Å²) in [5.74, 6) is 0.218. The van der Waals surface area contributed by atoms with E-state index in [1.54, 1.807) is 24.4 Å². The molecular formula is C21H19BFNO2. The van der Waals surface area contributed by atoms with Gasteiger partial charge in [-0.05, 0) is 47.6 Å². The molecule has 0 N–H and O–H groups in total. The molecule has 3 rings (SSSR count). The fraction of sp³-hybridized carbons (Fsp3) is 0.238. The summed E-state index contributed by atoms with van der Waals surface area (Å²) >= 11 is 0. The van der Waals surface area contributed by atoms with Gasteiger partial charge in [-0.1, -0.05) is 37.0 Å². The zero-order valence-corrected chi connectivity index (χ0v) is 14.7. The highest BCUT2D eigenvalue weighted by Gasteiger charge is 2.13. The van der Waals surface area contributed by atoms with Crippen molar-refractivity contribution in [1.82, 2.24) is 4.98 Å². The maximum absolute atomic E-state index is 13.1. The molecule has 0 saturated carbocycles. The number of carbonyl (C=O) groups excluding carboxylic acids is 1. The van der Waals surface area contributed by atoms with Crippen LogP contribution in [0.5, 0.6) is 5.75 Å². The number of hydrogen-bond acceptors (Lipinski definition) is 3. The van der Waals surface area contributed by atoms with Gasteiger partial charge in [0.15, 0.2) is 12.0 Å². The van der Waals surface area contributed by atoms with Crippen LogP contribution in [0.4, 0.5) is 4.39 Å². The van der Waals surface area contributed by atoms with Crippen molar-refractivity contribution in [3.8, 4) is 5.75 Å². The summed E-state index contributed by atoms with van der Waals surface area (Å²) in [6.45, 7) is 2.60. The monoisotopic (exact) mass is 347 g/mol. The summed E-state index contributed by atoms with van der Waals surface area (Å²) < 4.78 is 18.9. The molecule has 1 heterocycles. The Morgan fingerprint density at radius 3 is 2.65 bits per heavy atom. The summed E-state index contributed by atoms with van der Waals surface area (Å²) in [7, 11) is 6.13. The molecule has 5 heteroatoms. The van der Waals surface area contributed by atoms with Crippen LogP contribution < -0.4 is 10.2 Å². The Kier molecular flexibility index (Phi) is 5.66. The predicted molar refractivity (Wildman–Crippen MR) is 102 cm³/mol. The van der Waals surface area contributed by atoms with Crippen LogP contribution in [0.15, 0.2) is 42.6 Å². The average molecular weight is 347 g/mol. The SMILES string of the molecule is [B]c1cc(C=O)c(OCCCC)c2ncc(Cc3ccc(F)cc3)cc12. The number of pyridine rings is 1. The second kappa shape index (κ2) is 8.13. The van der Waals surface area contributed by atoms with Crippen LogP contribution in [0.3, 0.4) is 0 Å². The highest BCUT2D eigenvalue weighted by molar-refractivity contribution is 6.39. The topological polar surface area (TPSA) is 39.2 Å². The van der Waals surface area contributed by atoms with Crippen molar-refractivity contribution < 1.29 is 13.9 Å². The van der Waals surface area contributed by atoms with E-state index in [1.165, 1.54) is 12.1 Å². The van der Waals surface area contributed by atoms with E-state index >= 15 is 0 Å². The number of carbonyl (C=O) groups is 1. The van der Waals surface area contributed by atoms with Crippen LogP contribution in [-0.4, -0.2) is 25.7 Å². The van der Waals surface area contributed by atoms with E-state index < -0.39 is 0 Å². The molecule has 2 aromatic carbocycles. The molecule has 130 valence electrons. The number of nitrogens with zero attached hydrogens (tertiary/aromatic N) is 1. The third kappa shape index (κ3) is 3.93. The van der Waals surface area contributed by atoms with E-state index in [-0.39, 0.29) is 5.82 Å². The van der Waals surface area contributed by atoms with Crippen LogP contribution in [0.2, 0.25) is 0 Å². The molecule has 0 aliphatic heterocycles. The Bertz CT molecular complexity index is 925. The van der Waals surface area contributed by atoms with Crippen LogP contribution in [0, 0.1) is 5.82 Å². The van der Waals surface area contributed by atoms with Gasteiger partial charge in [0.05, 0.1) is 12.2 Å². The quantitative estimate of drug-likeness (QED) is 0.371. The van der Waals surface area contributed by atoms with Crippen molar-refractivity contribution in [3.63, 3.8) is 0 Å². The minimum atomic E-state index is -0.259. The van der Waals surface area contributed by atoms with E-state index in [2.05, 4.69) is 11.9 Å². The molecule has 0 spiro atoms. The highest BCUT2D eigenvalue weighted by Crippen LogP contribution is 2.27. The predicted octanol–water partition coefficient (Wildman–Crippen LogP) is 3.75. The molecule has 0 fully saturated rings. The summed E-state index contributed by atoms with van der Waals surface area (Å²) in [6.07, 6.45) is 4.99. The Morgan fingerprint density at radius 2 is 1.96 bits per heavy atom. The van der Waals surface area contributed by atoms with Crippen LogP contribution in [0.25, 0.3) is 10.9 Å². The van der Waals surface area contributed by atoms with Crippen molar-refractivity contribution in [2.75, 3.05) is 6.61 Å². The zero-order valence-electron chi connectivity index (χ0n) is 14.7. The van der Waals surface area contributed by atoms with Gasteiger partial charge in [0, 0.05) is 6.20 Å². The third-order valence-corrected chi connectivity index (χ3v) is 4.24. The Morgan fingerprint density at radius 1 is 1.19 bits per heavy atom. The van der Waals surface area contributed by atoms with Gasteiger partial charge in [0.1, 0.15) is 19.2 Å². The molecule has 0 amide bonds. The average Bonchev–Trinajstić information content (AvgIpc) is 2.65. The fourth-order valence-corrected chi connectivity index (χ4v) is 2.85. The highest BCUT2D eigenvalue weighted by atomic mass is 19.1. The minimum Gasteiger partial charge on any atom is -0.491 e. The number of unbranched alkanes of at least 4 members (excludes halogenated alkanes) is 1. The second-order valence-electron chi connectivity index (χ2n) is 6.25. The molecular weight excluding hydrogens is 328 g/mol. The number of halogens is 1. The fourth-order valence-electron chi connectivity index (χ4n) is 2.85. The lowest BCUT2D eigenvalue weighted by Gasteiger charge is -2.14. The number of ether oxygens (including phenoxy) is 1. The van der Waals surface area contributed by atoms with Gasteiger partial charge < -0.3 is 4.74 Å². The second-order valence-corrected chi connectivity index (χ2v) is 6.25. The molecule has 26 heavy (non-hydrogen) atoms. The summed E-state index contributed by atoms with van der Waals surface area (Å²) in [6, 6.07) is 9.94. The van der Waals surface area contributed by atoms with Crippen molar-refractivity contribution >= 4 is 30.5 Å². The van der Waals surface area contributed by atoms with Crippen LogP contribution in [-0.2, 0) is 6.42 Å². The van der Waals surface area contributed by atoms with Crippen LogP contribution >= 0.6 is 0 Å². The first kappa shape index (κ1) is 18.1. The number of aromatic nitrogens is 1. The largest absolute Gasteiger partial charge is 0.491 e. The first-order valence-electron chi connectivity index (χ1n) is 8.66. The first-order valence-corrected chi connectivity index (χ1v) is 8.66. The van der Waals surface area contributed by atoms with Gasteiger partial charge in [-0.15, -0.1) is 0 Å². The van der Waals surface area contributed by atoms with Crippen LogP contribution in [0.1, 0.15) is 41.3 Å². The minimum absolute atomic E-state index is 0.259. The van der Waals surface area contributed by atoms with Crippen molar-refractivity contribution in [2.24, 2.45) is 0 Å². The number of aldehydes is 1. The van der Waals surface area contributed by atoms with Crippen molar-refractivity contribution in [3.05, 3.63) is 65.1 Å².